The molecule has 98 valence electrons. The third-order valence-corrected chi connectivity index (χ3v) is 3.20. The molecule has 0 saturated heterocycles. The first-order chi connectivity index (χ1) is 9.38. The van der Waals surface area contributed by atoms with Crippen molar-refractivity contribution in [2.45, 2.75) is 19.8 Å². The predicted molar refractivity (Wildman–Crippen MR) is 75.4 cm³/mol. The lowest BCUT2D eigenvalue weighted by Crippen LogP contribution is -2.04. The Morgan fingerprint density at radius 1 is 1.26 bits per heavy atom. The fourth-order valence-electron chi connectivity index (χ4n) is 2.26. The van der Waals surface area contributed by atoms with Gasteiger partial charge >= 0.3 is 0 Å². The number of hydrogen-bond acceptors (Lipinski definition) is 4. The molecule has 2 heterocycles. The first-order valence-electron chi connectivity index (χ1n) is 6.69. The van der Waals surface area contributed by atoms with Crippen molar-refractivity contribution < 1.29 is 4.74 Å². The molecule has 4 heteroatoms. The maximum atomic E-state index is 5.53. The summed E-state index contributed by atoms with van der Waals surface area (Å²) in [6, 6.07) is 6.23. The summed E-state index contributed by atoms with van der Waals surface area (Å²) >= 11 is 0. The molecule has 0 amide bonds. The van der Waals surface area contributed by atoms with Gasteiger partial charge < -0.3 is 10.1 Å². The van der Waals surface area contributed by atoms with Gasteiger partial charge in [0.25, 0.3) is 0 Å². The Morgan fingerprint density at radius 2 is 2.16 bits per heavy atom. The Bertz CT molecular complexity index is 583. The van der Waals surface area contributed by atoms with Crippen LogP contribution in [0.2, 0.25) is 0 Å². The van der Waals surface area contributed by atoms with E-state index in [2.05, 4.69) is 28.3 Å². The lowest BCUT2D eigenvalue weighted by Gasteiger charge is -2.10. The van der Waals surface area contributed by atoms with Crippen LogP contribution in [-0.2, 0) is 6.42 Å². The summed E-state index contributed by atoms with van der Waals surface area (Å²) in [7, 11) is 0. The largest absolute Gasteiger partial charge is 0.493 e. The summed E-state index contributed by atoms with van der Waals surface area (Å²) in [6.07, 6.45) is 5.49. The summed E-state index contributed by atoms with van der Waals surface area (Å²) in [4.78, 5) is 8.84. The lowest BCUT2D eigenvalue weighted by molar-refractivity contribution is 0.357. The van der Waals surface area contributed by atoms with Crippen LogP contribution >= 0.6 is 0 Å². The second-order valence-electron chi connectivity index (χ2n) is 4.60. The van der Waals surface area contributed by atoms with Crippen LogP contribution in [0.3, 0.4) is 0 Å². The van der Waals surface area contributed by atoms with Gasteiger partial charge in [0, 0.05) is 30.9 Å². The number of benzene rings is 1. The SMILES string of the molecule is CCCNc1nccnc1-c1ccc2c(c1)CCO2. The zero-order valence-electron chi connectivity index (χ0n) is 11.0. The molecular weight excluding hydrogens is 238 g/mol. The fraction of sp³-hybridized carbons (Fsp3) is 0.333. The molecule has 1 aromatic heterocycles. The van der Waals surface area contributed by atoms with Crippen LogP contribution in [0.15, 0.2) is 30.6 Å². The molecule has 1 N–H and O–H groups in total. The van der Waals surface area contributed by atoms with Crippen molar-refractivity contribution in [2.75, 3.05) is 18.5 Å². The maximum absolute atomic E-state index is 5.53. The number of ether oxygens (including phenoxy) is 1. The zero-order valence-corrected chi connectivity index (χ0v) is 11.0. The molecule has 0 radical (unpaired) electrons. The molecule has 1 aromatic carbocycles. The molecule has 1 aliphatic heterocycles. The van der Waals surface area contributed by atoms with Crippen molar-refractivity contribution >= 4 is 5.82 Å². The number of nitrogens with zero attached hydrogens (tertiary/aromatic N) is 2. The van der Waals surface area contributed by atoms with Crippen molar-refractivity contribution in [3.63, 3.8) is 0 Å². The molecule has 0 aliphatic carbocycles. The van der Waals surface area contributed by atoms with E-state index in [4.69, 9.17) is 4.74 Å². The molecule has 1 aliphatic rings. The van der Waals surface area contributed by atoms with Crippen LogP contribution in [0.25, 0.3) is 11.3 Å². The Hall–Kier alpha value is -2.10. The third-order valence-electron chi connectivity index (χ3n) is 3.20. The standard InChI is InChI=1S/C15H17N3O/c1-2-6-17-15-14(16-7-8-18-15)12-3-4-13-11(10-12)5-9-19-13/h3-4,7-8,10H,2,5-6,9H2,1H3,(H,17,18). The molecule has 19 heavy (non-hydrogen) atoms. The molecule has 0 atom stereocenters. The second-order valence-corrected chi connectivity index (χ2v) is 4.60. The maximum Gasteiger partial charge on any atom is 0.152 e. The van der Waals surface area contributed by atoms with E-state index in [1.165, 1.54) is 5.56 Å². The first-order valence-corrected chi connectivity index (χ1v) is 6.69. The number of rotatable bonds is 4. The number of fused-ring (bicyclic) bond motifs is 1. The van der Waals surface area contributed by atoms with Gasteiger partial charge in [-0.3, -0.25) is 4.98 Å². The highest BCUT2D eigenvalue weighted by Crippen LogP contribution is 2.31. The summed E-state index contributed by atoms with van der Waals surface area (Å²) in [5.74, 6) is 1.85. The Kier molecular flexibility index (Phi) is 3.31. The van der Waals surface area contributed by atoms with E-state index in [1.54, 1.807) is 12.4 Å². The van der Waals surface area contributed by atoms with E-state index >= 15 is 0 Å². The van der Waals surface area contributed by atoms with Crippen molar-refractivity contribution in [1.29, 1.82) is 0 Å². The van der Waals surface area contributed by atoms with Crippen LogP contribution in [-0.4, -0.2) is 23.1 Å². The van der Waals surface area contributed by atoms with Gasteiger partial charge in [-0.1, -0.05) is 6.92 Å². The van der Waals surface area contributed by atoms with E-state index in [1.807, 2.05) is 12.1 Å². The van der Waals surface area contributed by atoms with E-state index < -0.39 is 0 Å². The predicted octanol–water partition coefficient (Wildman–Crippen LogP) is 2.90. The molecular formula is C15H17N3O. The molecule has 0 bridgehead atoms. The number of anilines is 1. The number of hydrogen-bond donors (Lipinski definition) is 1. The third kappa shape index (κ3) is 2.38. The minimum Gasteiger partial charge on any atom is -0.493 e. The van der Waals surface area contributed by atoms with Gasteiger partial charge in [0.1, 0.15) is 11.4 Å². The minimum atomic E-state index is 0.778. The summed E-state index contributed by atoms with van der Waals surface area (Å²) in [6.45, 7) is 3.82. The van der Waals surface area contributed by atoms with Crippen LogP contribution in [0, 0.1) is 0 Å². The zero-order chi connectivity index (χ0) is 13.1. The molecule has 4 nitrogen and oxygen atoms in total. The van der Waals surface area contributed by atoms with Gasteiger partial charge in [0.2, 0.25) is 0 Å². The lowest BCUT2D eigenvalue weighted by atomic mass is 10.1. The van der Waals surface area contributed by atoms with E-state index in [-0.39, 0.29) is 0 Å². The summed E-state index contributed by atoms with van der Waals surface area (Å²) < 4.78 is 5.53. The van der Waals surface area contributed by atoms with Gasteiger partial charge in [-0.25, -0.2) is 4.98 Å². The van der Waals surface area contributed by atoms with Gasteiger partial charge in [0.15, 0.2) is 5.82 Å². The molecule has 3 rings (SSSR count). The quantitative estimate of drug-likeness (QED) is 0.912. The monoisotopic (exact) mass is 255 g/mol. The van der Waals surface area contributed by atoms with Gasteiger partial charge in [-0.05, 0) is 30.2 Å². The smallest absolute Gasteiger partial charge is 0.152 e. The van der Waals surface area contributed by atoms with Gasteiger partial charge in [-0.2, -0.15) is 0 Å². The normalized spacial score (nSPS) is 12.9. The van der Waals surface area contributed by atoms with Crippen molar-refractivity contribution in [1.82, 2.24) is 9.97 Å². The highest BCUT2D eigenvalue weighted by Gasteiger charge is 2.14. The Morgan fingerprint density at radius 3 is 3.05 bits per heavy atom. The Labute approximate surface area is 112 Å². The average molecular weight is 255 g/mol. The topological polar surface area (TPSA) is 47.0 Å². The Balaban J connectivity index is 1.97. The van der Waals surface area contributed by atoms with E-state index in [9.17, 15) is 0 Å². The first kappa shape index (κ1) is 12.0. The van der Waals surface area contributed by atoms with Gasteiger partial charge in [-0.15, -0.1) is 0 Å². The molecule has 0 unspecified atom stereocenters. The van der Waals surface area contributed by atoms with Crippen molar-refractivity contribution in [3.05, 3.63) is 36.2 Å². The van der Waals surface area contributed by atoms with Crippen molar-refractivity contribution in [2.24, 2.45) is 0 Å². The van der Waals surface area contributed by atoms with Crippen LogP contribution in [0.5, 0.6) is 5.75 Å². The van der Waals surface area contributed by atoms with Crippen LogP contribution in [0.1, 0.15) is 18.9 Å². The molecule has 0 spiro atoms. The number of nitrogens with one attached hydrogen (secondary N) is 1. The highest BCUT2D eigenvalue weighted by atomic mass is 16.5. The van der Waals surface area contributed by atoms with Crippen LogP contribution in [0.4, 0.5) is 5.82 Å². The number of aromatic nitrogens is 2. The summed E-state index contributed by atoms with van der Waals surface area (Å²) in [5.41, 5.74) is 3.26. The summed E-state index contributed by atoms with van der Waals surface area (Å²) in [5, 5.41) is 3.32. The average Bonchev–Trinajstić information content (AvgIpc) is 2.92. The van der Waals surface area contributed by atoms with Crippen LogP contribution < -0.4 is 10.1 Å². The van der Waals surface area contributed by atoms with E-state index in [0.29, 0.717) is 0 Å². The minimum absolute atomic E-state index is 0.778. The van der Waals surface area contributed by atoms with Gasteiger partial charge in [0.05, 0.1) is 6.61 Å². The van der Waals surface area contributed by atoms with E-state index in [0.717, 1.165) is 48.8 Å². The molecule has 0 fully saturated rings. The fourth-order valence-corrected chi connectivity index (χ4v) is 2.26. The molecule has 2 aromatic rings. The molecule has 0 saturated carbocycles. The second kappa shape index (κ2) is 5.26. The van der Waals surface area contributed by atoms with Crippen molar-refractivity contribution in [3.8, 4) is 17.0 Å². The highest BCUT2D eigenvalue weighted by molar-refractivity contribution is 5.72.